The van der Waals surface area contributed by atoms with Crippen LogP contribution in [0.1, 0.15) is 18.0 Å². The predicted octanol–water partition coefficient (Wildman–Crippen LogP) is 3.19. The minimum absolute atomic E-state index is 0. The number of nitrogens with zero attached hydrogens (tertiary/aromatic N) is 1. The number of piperazine rings is 1. The number of halogens is 5. The number of amides is 1. The Labute approximate surface area is 131 Å². The van der Waals surface area contributed by atoms with Crippen LogP contribution in [0.5, 0.6) is 0 Å². The van der Waals surface area contributed by atoms with Crippen molar-refractivity contribution in [1.29, 1.82) is 0 Å². The minimum Gasteiger partial charge on any atom is -0.333 e. The third-order valence-corrected chi connectivity index (χ3v) is 3.38. The van der Waals surface area contributed by atoms with Gasteiger partial charge in [-0.3, -0.25) is 4.79 Å². The van der Waals surface area contributed by atoms with Gasteiger partial charge in [0.1, 0.15) is 6.42 Å². The van der Waals surface area contributed by atoms with E-state index in [1.807, 2.05) is 0 Å². The molecule has 2 rings (SSSR count). The number of benzene rings is 1. The summed E-state index contributed by atoms with van der Waals surface area (Å²) in [5.41, 5.74) is 0.736. The third-order valence-electron chi connectivity index (χ3n) is 3.15. The van der Waals surface area contributed by atoms with E-state index in [0.717, 1.165) is 5.56 Å². The van der Waals surface area contributed by atoms with Gasteiger partial charge in [-0.25, -0.2) is 0 Å². The molecule has 1 aliphatic rings. The van der Waals surface area contributed by atoms with E-state index in [-0.39, 0.29) is 19.0 Å². The van der Waals surface area contributed by atoms with Gasteiger partial charge in [-0.1, -0.05) is 23.7 Å². The first kappa shape index (κ1) is 18.1. The molecule has 118 valence electrons. The molecule has 1 atom stereocenters. The highest BCUT2D eigenvalue weighted by Gasteiger charge is 2.36. The molecule has 1 saturated heterocycles. The van der Waals surface area contributed by atoms with Gasteiger partial charge in [0, 0.05) is 24.7 Å². The van der Waals surface area contributed by atoms with Crippen molar-refractivity contribution in [3.63, 3.8) is 0 Å². The van der Waals surface area contributed by atoms with Gasteiger partial charge in [-0.05, 0) is 17.7 Å². The van der Waals surface area contributed by atoms with Crippen LogP contribution in [0.3, 0.4) is 0 Å². The van der Waals surface area contributed by atoms with Gasteiger partial charge in [0.05, 0.1) is 6.04 Å². The average Bonchev–Trinajstić information content (AvgIpc) is 2.37. The summed E-state index contributed by atoms with van der Waals surface area (Å²) in [5, 5.41) is 3.58. The van der Waals surface area contributed by atoms with Crippen molar-refractivity contribution in [2.24, 2.45) is 0 Å². The topological polar surface area (TPSA) is 32.3 Å². The van der Waals surface area contributed by atoms with Crippen molar-refractivity contribution >= 4 is 29.9 Å². The summed E-state index contributed by atoms with van der Waals surface area (Å²) in [7, 11) is 0. The molecule has 1 aliphatic heterocycles. The molecule has 1 N–H and O–H groups in total. The Morgan fingerprint density at radius 1 is 1.43 bits per heavy atom. The molecule has 1 fully saturated rings. The standard InChI is InChI=1S/C13H14ClF3N2O.ClH/c14-10-3-1-2-9(6-10)11-8-18-4-5-19(11)12(20)7-13(15,16)17;/h1-3,6,11,18H,4-5,7-8H2;1H. The SMILES string of the molecule is Cl.O=C(CC(F)(F)F)N1CCNCC1c1cccc(Cl)c1. The largest absolute Gasteiger partial charge is 0.397 e. The van der Waals surface area contributed by atoms with Crippen LogP contribution >= 0.6 is 24.0 Å². The first-order valence-electron chi connectivity index (χ1n) is 6.19. The number of carbonyl (C=O) groups is 1. The van der Waals surface area contributed by atoms with Crippen molar-refractivity contribution in [3.8, 4) is 0 Å². The second kappa shape index (κ2) is 7.33. The summed E-state index contributed by atoms with van der Waals surface area (Å²) in [5.74, 6) is -0.899. The van der Waals surface area contributed by atoms with Crippen LogP contribution in [-0.2, 0) is 4.79 Å². The van der Waals surface area contributed by atoms with E-state index in [4.69, 9.17) is 11.6 Å². The Morgan fingerprint density at radius 3 is 2.76 bits per heavy atom. The molecule has 1 aromatic rings. The van der Waals surface area contributed by atoms with Gasteiger partial charge < -0.3 is 10.2 Å². The van der Waals surface area contributed by atoms with Crippen molar-refractivity contribution in [3.05, 3.63) is 34.9 Å². The number of carbonyl (C=O) groups excluding carboxylic acids is 1. The minimum atomic E-state index is -4.49. The lowest BCUT2D eigenvalue weighted by atomic mass is 10.0. The molecule has 0 aliphatic carbocycles. The van der Waals surface area contributed by atoms with Gasteiger partial charge in [-0.2, -0.15) is 13.2 Å². The summed E-state index contributed by atoms with van der Waals surface area (Å²) in [4.78, 5) is 13.1. The zero-order chi connectivity index (χ0) is 14.8. The summed E-state index contributed by atoms with van der Waals surface area (Å²) < 4.78 is 37.1. The molecule has 0 spiro atoms. The molecule has 0 saturated carbocycles. The molecule has 1 amide bonds. The number of nitrogens with one attached hydrogen (secondary N) is 1. The molecular weight excluding hydrogens is 328 g/mol. The number of hydrogen-bond donors (Lipinski definition) is 1. The number of rotatable bonds is 2. The van der Waals surface area contributed by atoms with Gasteiger partial charge in [0.2, 0.25) is 5.91 Å². The zero-order valence-electron chi connectivity index (χ0n) is 11.0. The van der Waals surface area contributed by atoms with Crippen molar-refractivity contribution in [2.75, 3.05) is 19.6 Å². The summed E-state index contributed by atoms with van der Waals surface area (Å²) in [6.07, 6.45) is -5.91. The molecule has 0 radical (unpaired) electrons. The zero-order valence-corrected chi connectivity index (χ0v) is 12.6. The lowest BCUT2D eigenvalue weighted by Crippen LogP contribution is -2.49. The lowest BCUT2D eigenvalue weighted by molar-refractivity contribution is -0.163. The fourth-order valence-electron chi connectivity index (χ4n) is 2.29. The molecule has 1 heterocycles. The van der Waals surface area contributed by atoms with Crippen LogP contribution in [0, 0.1) is 0 Å². The maximum atomic E-state index is 12.4. The highest BCUT2D eigenvalue weighted by atomic mass is 35.5. The van der Waals surface area contributed by atoms with Crippen LogP contribution in [-0.4, -0.2) is 36.6 Å². The van der Waals surface area contributed by atoms with Crippen molar-refractivity contribution in [1.82, 2.24) is 10.2 Å². The number of hydrogen-bond acceptors (Lipinski definition) is 2. The molecule has 1 aromatic carbocycles. The molecule has 8 heteroatoms. The maximum absolute atomic E-state index is 12.4. The third kappa shape index (κ3) is 5.05. The summed E-state index contributed by atoms with van der Waals surface area (Å²) >= 11 is 5.89. The van der Waals surface area contributed by atoms with Gasteiger partial charge in [-0.15, -0.1) is 12.4 Å². The van der Waals surface area contributed by atoms with E-state index in [0.29, 0.717) is 18.1 Å². The van der Waals surface area contributed by atoms with E-state index in [9.17, 15) is 18.0 Å². The molecular formula is C13H15Cl2F3N2O. The Balaban J connectivity index is 0.00000220. The van der Waals surface area contributed by atoms with Crippen molar-refractivity contribution < 1.29 is 18.0 Å². The first-order chi connectivity index (χ1) is 9.37. The molecule has 21 heavy (non-hydrogen) atoms. The van der Waals surface area contributed by atoms with E-state index in [1.165, 1.54) is 4.90 Å². The van der Waals surface area contributed by atoms with E-state index < -0.39 is 24.5 Å². The molecule has 1 unspecified atom stereocenters. The molecule has 0 aromatic heterocycles. The number of alkyl halides is 3. The molecule has 0 bridgehead atoms. The molecule has 3 nitrogen and oxygen atoms in total. The highest BCUT2D eigenvalue weighted by Crippen LogP contribution is 2.28. The first-order valence-corrected chi connectivity index (χ1v) is 6.57. The Bertz CT molecular complexity index is 497. The van der Waals surface area contributed by atoms with E-state index in [2.05, 4.69) is 5.32 Å². The van der Waals surface area contributed by atoms with E-state index >= 15 is 0 Å². The van der Waals surface area contributed by atoms with Gasteiger partial charge >= 0.3 is 6.18 Å². The van der Waals surface area contributed by atoms with E-state index in [1.54, 1.807) is 24.3 Å². The predicted molar refractivity (Wildman–Crippen MR) is 76.7 cm³/mol. The quantitative estimate of drug-likeness (QED) is 0.895. The fourth-order valence-corrected chi connectivity index (χ4v) is 2.49. The van der Waals surface area contributed by atoms with Crippen LogP contribution in [0.15, 0.2) is 24.3 Å². The average molecular weight is 343 g/mol. The Hall–Kier alpha value is -0.980. The monoisotopic (exact) mass is 342 g/mol. The Kier molecular flexibility index (Phi) is 6.31. The summed E-state index contributed by atoms with van der Waals surface area (Å²) in [6, 6.07) is 6.42. The van der Waals surface area contributed by atoms with Crippen LogP contribution in [0.2, 0.25) is 5.02 Å². The van der Waals surface area contributed by atoms with Crippen LogP contribution in [0.25, 0.3) is 0 Å². The van der Waals surface area contributed by atoms with Crippen molar-refractivity contribution in [2.45, 2.75) is 18.6 Å². The van der Waals surface area contributed by atoms with Gasteiger partial charge in [0.25, 0.3) is 0 Å². The lowest BCUT2D eigenvalue weighted by Gasteiger charge is -2.37. The smallest absolute Gasteiger partial charge is 0.333 e. The van der Waals surface area contributed by atoms with Crippen LogP contribution < -0.4 is 5.32 Å². The summed E-state index contributed by atoms with van der Waals surface area (Å²) in [6.45, 7) is 1.16. The normalized spacial score (nSPS) is 19.0. The van der Waals surface area contributed by atoms with Crippen LogP contribution in [0.4, 0.5) is 13.2 Å². The highest BCUT2D eigenvalue weighted by molar-refractivity contribution is 6.30. The fraction of sp³-hybridized carbons (Fsp3) is 0.462. The second-order valence-corrected chi connectivity index (χ2v) is 5.09. The second-order valence-electron chi connectivity index (χ2n) is 4.65. The Morgan fingerprint density at radius 2 is 2.14 bits per heavy atom. The maximum Gasteiger partial charge on any atom is 0.397 e. The van der Waals surface area contributed by atoms with Gasteiger partial charge in [0.15, 0.2) is 0 Å².